The molecule has 0 amide bonds. The van der Waals surface area contributed by atoms with Crippen LogP contribution in [0.4, 0.5) is 0 Å². The number of fused-ring (bicyclic) bond motifs is 5. The van der Waals surface area contributed by atoms with Crippen LogP contribution in [0, 0.1) is 0 Å². The topological polar surface area (TPSA) is 14.2 Å². The lowest BCUT2D eigenvalue weighted by Gasteiger charge is -2.19. The normalized spacial score (nSPS) is 11.5. The first kappa shape index (κ1) is 16.9. The number of nitrogens with zero attached hydrogens (tertiary/aromatic N) is 1. The second-order valence-electron chi connectivity index (χ2n) is 7.28. The van der Waals surface area contributed by atoms with Gasteiger partial charge in [-0.2, -0.15) is 0 Å². The third-order valence-corrected chi connectivity index (χ3v) is 5.91. The Balaban J connectivity index is 2.02. The Morgan fingerprint density at radius 2 is 1.32 bits per heavy atom. The van der Waals surface area contributed by atoms with Gasteiger partial charge >= 0.3 is 0 Å². The van der Waals surface area contributed by atoms with Crippen molar-refractivity contribution in [2.75, 3.05) is 7.11 Å². The highest BCUT2D eigenvalue weighted by Crippen LogP contribution is 2.50. The average molecular weight is 365 g/mol. The first-order valence-electron chi connectivity index (χ1n) is 9.79. The van der Waals surface area contributed by atoms with Crippen molar-refractivity contribution in [2.45, 2.75) is 13.3 Å². The smallest absolute Gasteiger partial charge is 0.118 e. The van der Waals surface area contributed by atoms with Gasteiger partial charge in [0.25, 0.3) is 0 Å². The van der Waals surface area contributed by atoms with Crippen LogP contribution in [0.1, 0.15) is 12.6 Å². The van der Waals surface area contributed by atoms with Gasteiger partial charge in [0.15, 0.2) is 0 Å². The monoisotopic (exact) mass is 365 g/mol. The van der Waals surface area contributed by atoms with Crippen LogP contribution in [0.3, 0.4) is 0 Å². The summed E-state index contributed by atoms with van der Waals surface area (Å²) in [5, 5.41) is 3.95. The predicted octanol–water partition coefficient (Wildman–Crippen LogP) is 6.67. The summed E-state index contributed by atoms with van der Waals surface area (Å²) in [7, 11) is 3.90. The average Bonchev–Trinajstić information content (AvgIpc) is 3.10. The molecule has 138 valence electrons. The van der Waals surface area contributed by atoms with Gasteiger partial charge in [-0.3, -0.25) is 0 Å². The van der Waals surface area contributed by atoms with Crippen molar-refractivity contribution < 1.29 is 4.74 Å². The van der Waals surface area contributed by atoms with Gasteiger partial charge in [-0.25, -0.2) is 0 Å². The molecule has 3 aromatic rings. The fraction of sp³-hybridized carbons (Fsp3) is 0.154. The molecule has 1 aliphatic heterocycles. The summed E-state index contributed by atoms with van der Waals surface area (Å²) >= 11 is 0. The van der Waals surface area contributed by atoms with Crippen molar-refractivity contribution >= 4 is 21.7 Å². The van der Waals surface area contributed by atoms with Crippen LogP contribution in [-0.2, 0) is 13.5 Å². The number of rotatable bonds is 3. The standard InChI is InChI=1S/C26H23NO/c1-4-22-25-20-10-6-5-9-19(20)24(17-13-15-18(28-3)16-14-17)26(25)21-11-7-8-12-23(21)27(22)2/h5-16H,4H2,1-3H3. The van der Waals surface area contributed by atoms with Crippen LogP contribution in [-0.4, -0.2) is 11.7 Å². The van der Waals surface area contributed by atoms with Crippen LogP contribution >= 0.6 is 0 Å². The third kappa shape index (κ3) is 2.27. The van der Waals surface area contributed by atoms with E-state index in [-0.39, 0.29) is 0 Å². The first-order chi connectivity index (χ1) is 13.7. The molecule has 0 N–H and O–H groups in total. The van der Waals surface area contributed by atoms with Crippen LogP contribution in [0.25, 0.3) is 43.9 Å². The van der Waals surface area contributed by atoms with E-state index in [1.165, 1.54) is 49.6 Å². The van der Waals surface area contributed by atoms with Gasteiger partial charge in [0.05, 0.1) is 7.11 Å². The summed E-state index contributed by atoms with van der Waals surface area (Å²) < 4.78 is 7.74. The Morgan fingerprint density at radius 1 is 0.714 bits per heavy atom. The van der Waals surface area contributed by atoms with Crippen molar-refractivity contribution in [2.24, 2.45) is 7.05 Å². The van der Waals surface area contributed by atoms with E-state index in [9.17, 15) is 0 Å². The molecule has 2 nitrogen and oxygen atoms in total. The van der Waals surface area contributed by atoms with E-state index in [1.54, 1.807) is 7.11 Å². The summed E-state index contributed by atoms with van der Waals surface area (Å²) in [6.07, 6.45) is 0.994. The van der Waals surface area contributed by atoms with Gasteiger partial charge < -0.3 is 9.30 Å². The summed E-state index contributed by atoms with van der Waals surface area (Å²) in [5.74, 6) is 0.884. The second kappa shape index (κ2) is 6.42. The van der Waals surface area contributed by atoms with E-state index in [0.717, 1.165) is 12.2 Å². The Morgan fingerprint density at radius 3 is 1.96 bits per heavy atom. The van der Waals surface area contributed by atoms with Crippen LogP contribution in [0.15, 0.2) is 72.8 Å². The molecule has 0 atom stereocenters. The van der Waals surface area contributed by atoms with Crippen LogP contribution < -0.4 is 4.74 Å². The Labute approximate surface area is 165 Å². The van der Waals surface area contributed by atoms with Gasteiger partial charge in [0, 0.05) is 34.8 Å². The zero-order valence-corrected chi connectivity index (χ0v) is 16.5. The SMILES string of the molecule is CCc1c2c3ccccc3c(-c3ccc(OC)cc3)c-2c2ccccc2n1C. The van der Waals surface area contributed by atoms with E-state index in [0.29, 0.717) is 0 Å². The fourth-order valence-corrected chi connectivity index (χ4v) is 4.64. The number of hydrogen-bond acceptors (Lipinski definition) is 1. The third-order valence-electron chi connectivity index (χ3n) is 5.91. The molecule has 5 rings (SSSR count). The lowest BCUT2D eigenvalue weighted by Crippen LogP contribution is -2.05. The molecule has 0 saturated heterocycles. The van der Waals surface area contributed by atoms with E-state index in [2.05, 4.69) is 91.3 Å². The lowest BCUT2D eigenvalue weighted by molar-refractivity contribution is 0.415. The molecule has 2 aliphatic rings. The molecule has 1 aliphatic carbocycles. The number of methoxy groups -OCH3 is 1. The van der Waals surface area contributed by atoms with E-state index < -0.39 is 0 Å². The molecule has 2 heteroatoms. The molecule has 0 unspecified atom stereocenters. The number of hydrogen-bond donors (Lipinski definition) is 0. The van der Waals surface area contributed by atoms with Crippen LogP contribution in [0.2, 0.25) is 0 Å². The zero-order valence-electron chi connectivity index (χ0n) is 16.5. The molecular formula is C26H23NO. The largest absolute Gasteiger partial charge is 0.497 e. The Bertz CT molecular complexity index is 1280. The minimum Gasteiger partial charge on any atom is -0.497 e. The fourth-order valence-electron chi connectivity index (χ4n) is 4.64. The van der Waals surface area contributed by atoms with Crippen molar-refractivity contribution in [3.8, 4) is 28.0 Å². The maximum atomic E-state index is 5.38. The summed E-state index contributed by atoms with van der Waals surface area (Å²) in [5.41, 5.74) is 7.94. The van der Waals surface area contributed by atoms with E-state index in [4.69, 9.17) is 4.74 Å². The summed E-state index contributed by atoms with van der Waals surface area (Å²) in [6, 6.07) is 26.0. The minimum absolute atomic E-state index is 0.884. The maximum Gasteiger partial charge on any atom is 0.118 e. The molecule has 0 aromatic heterocycles. The highest BCUT2D eigenvalue weighted by atomic mass is 16.5. The Kier molecular flexibility index (Phi) is 3.87. The Hall–Kier alpha value is -3.26. The maximum absolute atomic E-state index is 5.38. The highest BCUT2D eigenvalue weighted by Gasteiger charge is 2.25. The number of para-hydroxylation sites is 1. The predicted molar refractivity (Wildman–Crippen MR) is 118 cm³/mol. The van der Waals surface area contributed by atoms with Crippen LogP contribution in [0.5, 0.6) is 5.75 Å². The number of pyridine rings is 1. The number of aromatic nitrogens is 1. The van der Waals surface area contributed by atoms with Crippen molar-refractivity contribution in [3.63, 3.8) is 0 Å². The van der Waals surface area contributed by atoms with Gasteiger partial charge in [0.2, 0.25) is 0 Å². The van der Waals surface area contributed by atoms with Gasteiger partial charge in [-0.1, -0.05) is 61.5 Å². The molecule has 0 fully saturated rings. The highest BCUT2D eigenvalue weighted by molar-refractivity contribution is 6.21. The van der Waals surface area contributed by atoms with Gasteiger partial charge in [-0.15, -0.1) is 0 Å². The lowest BCUT2D eigenvalue weighted by atomic mass is 9.93. The quantitative estimate of drug-likeness (QED) is 0.348. The molecule has 0 bridgehead atoms. The zero-order chi connectivity index (χ0) is 19.3. The molecule has 0 spiro atoms. The number of ether oxygens (including phenoxy) is 1. The number of benzene rings is 3. The van der Waals surface area contributed by atoms with E-state index in [1.807, 2.05) is 0 Å². The summed E-state index contributed by atoms with van der Waals surface area (Å²) in [6.45, 7) is 2.25. The summed E-state index contributed by atoms with van der Waals surface area (Å²) in [4.78, 5) is 0. The molecule has 0 saturated carbocycles. The molecule has 28 heavy (non-hydrogen) atoms. The molecule has 1 heterocycles. The van der Waals surface area contributed by atoms with Gasteiger partial charge in [0.1, 0.15) is 5.75 Å². The van der Waals surface area contributed by atoms with Crippen molar-refractivity contribution in [1.82, 2.24) is 4.57 Å². The van der Waals surface area contributed by atoms with Gasteiger partial charge in [-0.05, 0) is 46.5 Å². The molecule has 3 aromatic carbocycles. The second-order valence-corrected chi connectivity index (χ2v) is 7.28. The molecular weight excluding hydrogens is 342 g/mol. The van der Waals surface area contributed by atoms with Crippen molar-refractivity contribution in [1.29, 1.82) is 0 Å². The van der Waals surface area contributed by atoms with E-state index >= 15 is 0 Å². The van der Waals surface area contributed by atoms with Crippen molar-refractivity contribution in [3.05, 3.63) is 78.5 Å². The number of aryl methyl sites for hydroxylation is 1. The molecule has 0 radical (unpaired) electrons. The first-order valence-corrected chi connectivity index (χ1v) is 9.79. The minimum atomic E-state index is 0.884.